The van der Waals surface area contributed by atoms with Crippen LogP contribution in [0.15, 0.2) is 12.1 Å². The van der Waals surface area contributed by atoms with Crippen LogP contribution < -0.4 is 10.6 Å². The highest BCUT2D eigenvalue weighted by Crippen LogP contribution is 2.50. The third-order valence-corrected chi connectivity index (χ3v) is 7.60. The largest absolute Gasteiger partial charge is 0.354 e. The maximum atomic E-state index is 14.9. The molecule has 1 unspecified atom stereocenters. The van der Waals surface area contributed by atoms with E-state index in [1.165, 1.54) is 19.1 Å². The number of carbonyl (C=O) groups excluding carboxylic acids is 2. The van der Waals surface area contributed by atoms with E-state index < -0.39 is 17.3 Å². The summed E-state index contributed by atoms with van der Waals surface area (Å²) in [5.41, 5.74) is -0.643. The zero-order valence-electron chi connectivity index (χ0n) is 17.2. The molecule has 2 amide bonds. The van der Waals surface area contributed by atoms with Crippen LogP contribution in [0.4, 0.5) is 4.39 Å². The second-order valence-electron chi connectivity index (χ2n) is 9.23. The van der Waals surface area contributed by atoms with Crippen molar-refractivity contribution < 1.29 is 14.0 Å². The molecular weight excluding hydrogens is 414 g/mol. The van der Waals surface area contributed by atoms with Crippen LogP contribution in [0.2, 0.25) is 10.0 Å². The molecule has 0 radical (unpaired) electrons. The smallest absolute Gasteiger partial charge is 0.226 e. The first kappa shape index (κ1) is 22.4. The lowest BCUT2D eigenvalue weighted by Gasteiger charge is -2.38. The lowest BCUT2D eigenvalue weighted by Crippen LogP contribution is -2.45. The number of nitrogens with one attached hydrogen (secondary N) is 2. The minimum Gasteiger partial charge on any atom is -0.354 e. The van der Waals surface area contributed by atoms with Gasteiger partial charge in [-0.25, -0.2) is 4.39 Å². The second kappa shape index (κ2) is 8.43. The summed E-state index contributed by atoms with van der Waals surface area (Å²) in [6.07, 6.45) is 5.80. The summed E-state index contributed by atoms with van der Waals surface area (Å²) in [5, 5.41) is 6.50. The number of carbonyl (C=O) groups is 2. The summed E-state index contributed by atoms with van der Waals surface area (Å²) in [4.78, 5) is 24.8. The van der Waals surface area contributed by atoms with Crippen LogP contribution in [-0.4, -0.2) is 17.9 Å². The Labute approximate surface area is 181 Å². The van der Waals surface area contributed by atoms with Crippen molar-refractivity contribution in [3.05, 3.63) is 33.6 Å². The number of benzene rings is 1. The normalized spacial score (nSPS) is 26.9. The van der Waals surface area contributed by atoms with Crippen LogP contribution >= 0.6 is 23.2 Å². The number of hydrogen-bond acceptors (Lipinski definition) is 2. The van der Waals surface area contributed by atoms with Crippen LogP contribution in [0.3, 0.4) is 0 Å². The van der Waals surface area contributed by atoms with Crippen LogP contribution in [0.1, 0.15) is 77.3 Å². The molecular formula is C22H29Cl2FN2O2. The fraction of sp³-hybridized carbons (Fsp3) is 0.636. The Morgan fingerprint density at radius 2 is 1.83 bits per heavy atom. The maximum Gasteiger partial charge on any atom is 0.226 e. The molecule has 4 nitrogen and oxygen atoms in total. The third-order valence-electron chi connectivity index (χ3n) is 6.78. The summed E-state index contributed by atoms with van der Waals surface area (Å²) in [6, 6.07) is 2.18. The number of halogens is 3. The molecule has 0 bridgehead atoms. The van der Waals surface area contributed by atoms with E-state index in [1.54, 1.807) is 0 Å². The molecule has 29 heavy (non-hydrogen) atoms. The van der Waals surface area contributed by atoms with E-state index in [2.05, 4.69) is 17.6 Å². The molecule has 2 aliphatic carbocycles. The molecule has 2 saturated carbocycles. The number of amides is 2. The van der Waals surface area contributed by atoms with E-state index in [9.17, 15) is 14.0 Å². The minimum atomic E-state index is -0.623. The zero-order chi connectivity index (χ0) is 21.4. The van der Waals surface area contributed by atoms with Gasteiger partial charge in [0.2, 0.25) is 11.8 Å². The van der Waals surface area contributed by atoms with Gasteiger partial charge >= 0.3 is 0 Å². The Morgan fingerprint density at radius 3 is 2.45 bits per heavy atom. The topological polar surface area (TPSA) is 58.2 Å². The van der Waals surface area contributed by atoms with Gasteiger partial charge in [0.1, 0.15) is 5.82 Å². The average Bonchev–Trinajstić information content (AvgIpc) is 3.24. The van der Waals surface area contributed by atoms with Gasteiger partial charge in [-0.1, -0.05) is 49.9 Å². The standard InChI is InChI=1S/C22H29Cl2FN2O2/c1-13(28)26-14-8-11-22(3,12-14)20(29)27-19(21(2)9-4-5-10-21)17-16(25)7-6-15(23)18(17)24/h6-7,14,19H,4-5,8-12H2,1-3H3,(H,26,28)(H,27,29)/t14-,19?,22+/m1/s1. The lowest BCUT2D eigenvalue weighted by atomic mass is 9.76. The number of rotatable bonds is 5. The van der Waals surface area contributed by atoms with E-state index in [4.69, 9.17) is 23.2 Å². The first-order valence-corrected chi connectivity index (χ1v) is 11.0. The molecule has 2 N–H and O–H groups in total. The van der Waals surface area contributed by atoms with Gasteiger partial charge in [-0.2, -0.15) is 0 Å². The van der Waals surface area contributed by atoms with Crippen LogP contribution in [0, 0.1) is 16.6 Å². The van der Waals surface area contributed by atoms with Gasteiger partial charge in [-0.3, -0.25) is 9.59 Å². The molecule has 0 saturated heterocycles. The van der Waals surface area contributed by atoms with Crippen molar-refractivity contribution in [1.29, 1.82) is 0 Å². The van der Waals surface area contributed by atoms with E-state index in [1.807, 2.05) is 6.92 Å². The fourth-order valence-corrected chi connectivity index (χ4v) is 5.46. The Kier molecular flexibility index (Phi) is 6.50. The summed E-state index contributed by atoms with van der Waals surface area (Å²) in [5.74, 6) is -0.673. The van der Waals surface area contributed by atoms with Gasteiger partial charge < -0.3 is 10.6 Å². The third kappa shape index (κ3) is 4.56. The van der Waals surface area contributed by atoms with Crippen molar-refractivity contribution in [1.82, 2.24) is 10.6 Å². The first-order valence-electron chi connectivity index (χ1n) is 10.3. The molecule has 7 heteroatoms. The SMILES string of the molecule is CC(=O)N[C@@H]1CC[C@](C)(C(=O)NC(c2c(F)ccc(Cl)c2Cl)C2(C)CCCC2)C1. The molecule has 0 aromatic heterocycles. The van der Waals surface area contributed by atoms with Gasteiger partial charge in [-0.05, 0) is 49.7 Å². The van der Waals surface area contributed by atoms with Crippen LogP contribution in [0.25, 0.3) is 0 Å². The Hall–Kier alpha value is -1.33. The molecule has 160 valence electrons. The predicted octanol–water partition coefficient (Wildman–Crippen LogP) is 5.57. The molecule has 0 heterocycles. The van der Waals surface area contributed by atoms with Crippen molar-refractivity contribution in [3.8, 4) is 0 Å². The van der Waals surface area contributed by atoms with E-state index >= 15 is 0 Å². The molecule has 0 aliphatic heterocycles. The first-order chi connectivity index (χ1) is 13.6. The highest BCUT2D eigenvalue weighted by atomic mass is 35.5. The molecule has 3 rings (SSSR count). The maximum absolute atomic E-state index is 14.9. The minimum absolute atomic E-state index is 0.0183. The summed E-state index contributed by atoms with van der Waals surface area (Å²) in [7, 11) is 0. The molecule has 3 atom stereocenters. The van der Waals surface area contributed by atoms with E-state index in [0.717, 1.165) is 32.1 Å². The van der Waals surface area contributed by atoms with Crippen molar-refractivity contribution in [2.24, 2.45) is 10.8 Å². The quantitative estimate of drug-likeness (QED) is 0.585. The highest BCUT2D eigenvalue weighted by Gasteiger charge is 2.46. The van der Waals surface area contributed by atoms with Crippen molar-refractivity contribution >= 4 is 35.0 Å². The van der Waals surface area contributed by atoms with Gasteiger partial charge in [-0.15, -0.1) is 0 Å². The Balaban J connectivity index is 1.90. The monoisotopic (exact) mass is 442 g/mol. The molecule has 2 aliphatic rings. The van der Waals surface area contributed by atoms with Crippen LogP contribution in [0.5, 0.6) is 0 Å². The fourth-order valence-electron chi connectivity index (χ4n) is 5.04. The average molecular weight is 443 g/mol. The van der Waals surface area contributed by atoms with E-state index in [0.29, 0.717) is 12.8 Å². The molecule has 2 fully saturated rings. The van der Waals surface area contributed by atoms with Crippen molar-refractivity contribution in [2.75, 3.05) is 0 Å². The van der Waals surface area contributed by atoms with Crippen LogP contribution in [-0.2, 0) is 9.59 Å². The number of hydrogen-bond donors (Lipinski definition) is 2. The summed E-state index contributed by atoms with van der Waals surface area (Å²) >= 11 is 12.6. The molecule has 1 aromatic carbocycles. The lowest BCUT2D eigenvalue weighted by molar-refractivity contribution is -0.132. The van der Waals surface area contributed by atoms with Gasteiger partial charge in [0, 0.05) is 23.9 Å². The summed E-state index contributed by atoms with van der Waals surface area (Å²) < 4.78 is 14.9. The second-order valence-corrected chi connectivity index (χ2v) is 10.0. The summed E-state index contributed by atoms with van der Waals surface area (Å²) in [6.45, 7) is 5.48. The van der Waals surface area contributed by atoms with Gasteiger partial charge in [0.25, 0.3) is 0 Å². The van der Waals surface area contributed by atoms with Crippen molar-refractivity contribution in [3.63, 3.8) is 0 Å². The van der Waals surface area contributed by atoms with E-state index in [-0.39, 0.29) is 38.9 Å². The van der Waals surface area contributed by atoms with Crippen molar-refractivity contribution in [2.45, 2.75) is 77.8 Å². The molecule has 0 spiro atoms. The Bertz CT molecular complexity index is 810. The predicted molar refractivity (Wildman–Crippen MR) is 113 cm³/mol. The van der Waals surface area contributed by atoms with Gasteiger partial charge in [0.05, 0.1) is 16.1 Å². The Morgan fingerprint density at radius 1 is 1.17 bits per heavy atom. The van der Waals surface area contributed by atoms with Gasteiger partial charge in [0.15, 0.2) is 0 Å². The molecule has 1 aromatic rings. The highest BCUT2D eigenvalue weighted by molar-refractivity contribution is 6.42. The zero-order valence-corrected chi connectivity index (χ0v) is 18.7.